The molecule has 0 saturated heterocycles. The van der Waals surface area contributed by atoms with Gasteiger partial charge in [0, 0.05) is 65.8 Å². The number of para-hydroxylation sites is 6. The van der Waals surface area contributed by atoms with Crippen LogP contribution in [0.15, 0.2) is 231 Å². The molecule has 0 unspecified atom stereocenters. The normalized spacial score (nSPS) is 15.2. The summed E-state index contributed by atoms with van der Waals surface area (Å²) in [6.45, 7) is 0. The lowest BCUT2D eigenvalue weighted by atomic mass is 9.99. The molecular weight excluding hydrogens is 949 g/mol. The zero-order valence-electron chi connectivity index (χ0n) is 43.5. The van der Waals surface area contributed by atoms with Gasteiger partial charge in [-0.25, -0.2) is 0 Å². The lowest BCUT2D eigenvalue weighted by Crippen LogP contribution is -2.65. The molecule has 2 saturated carbocycles. The monoisotopic (exact) mass is 1010 g/mol. The number of hydrogen-bond acceptors (Lipinski definition) is 0. The highest BCUT2D eigenvalue weighted by Gasteiger charge is 2.50. The summed E-state index contributed by atoms with van der Waals surface area (Å²) < 4.78 is 9.96. The van der Waals surface area contributed by atoms with Crippen molar-refractivity contribution in [2.75, 3.05) is 0 Å². The number of aromatic nitrogens is 4. The second-order valence-corrected chi connectivity index (χ2v) is 27.0. The van der Waals surface area contributed by atoms with Crippen LogP contribution in [0.3, 0.4) is 0 Å². The Hall–Kier alpha value is -8.38. The molecule has 0 N–H and O–H groups in total. The molecule has 2 aliphatic rings. The van der Waals surface area contributed by atoms with E-state index in [9.17, 15) is 0 Å². The van der Waals surface area contributed by atoms with E-state index in [0.717, 1.165) is 11.1 Å². The van der Waals surface area contributed by atoms with Gasteiger partial charge >= 0.3 is 0 Å². The highest BCUT2D eigenvalue weighted by Crippen LogP contribution is 2.49. The van der Waals surface area contributed by atoms with Crippen LogP contribution in [0.2, 0.25) is 11.1 Å². The van der Waals surface area contributed by atoms with Crippen LogP contribution in [0.1, 0.15) is 64.2 Å². The van der Waals surface area contributed by atoms with Gasteiger partial charge in [0.1, 0.15) is 8.07 Å². The number of rotatable bonds is 8. The lowest BCUT2D eigenvalue weighted by molar-refractivity contribution is 0.459. The van der Waals surface area contributed by atoms with Gasteiger partial charge in [-0.05, 0) is 108 Å². The first-order valence-corrected chi connectivity index (χ1v) is 30.6. The average molecular weight is 1010 g/mol. The molecule has 4 aromatic heterocycles. The second kappa shape index (κ2) is 17.9. The predicted octanol–water partition coefficient (Wildman–Crippen LogP) is 18.3. The molecule has 16 rings (SSSR count). The summed E-state index contributed by atoms with van der Waals surface area (Å²) in [5, 5.41) is 13.6. The van der Waals surface area contributed by atoms with E-state index in [-0.39, 0.29) is 0 Å². The van der Waals surface area contributed by atoms with Gasteiger partial charge < -0.3 is 18.3 Å². The number of nitrogens with zero attached hydrogens (tertiary/aromatic N) is 4. The Bertz CT molecular complexity index is 4190. The van der Waals surface area contributed by atoms with E-state index < -0.39 is 8.07 Å². The summed E-state index contributed by atoms with van der Waals surface area (Å²) in [5.74, 6) is 0. The number of fused-ring (bicyclic) bond motifs is 12. The minimum atomic E-state index is -2.37. The Morgan fingerprint density at radius 2 is 0.481 bits per heavy atom. The van der Waals surface area contributed by atoms with Gasteiger partial charge in [-0.15, -0.1) is 0 Å². The topological polar surface area (TPSA) is 19.7 Å². The summed E-state index contributed by atoms with van der Waals surface area (Å²) in [6.07, 6.45) is 13.5. The van der Waals surface area contributed by atoms with Crippen LogP contribution in [-0.2, 0) is 0 Å². The molecule has 0 atom stereocenters. The Morgan fingerprint density at radius 3 is 0.792 bits per heavy atom. The molecule has 372 valence electrons. The van der Waals surface area contributed by atoms with Crippen molar-refractivity contribution in [2.45, 2.75) is 75.3 Å². The molecule has 14 aromatic rings. The van der Waals surface area contributed by atoms with Gasteiger partial charge in [-0.3, -0.25) is 0 Å². The van der Waals surface area contributed by atoms with Crippen molar-refractivity contribution in [3.63, 3.8) is 0 Å². The van der Waals surface area contributed by atoms with Crippen molar-refractivity contribution in [3.8, 4) is 22.7 Å². The molecule has 2 fully saturated rings. The zero-order chi connectivity index (χ0) is 50.6. The van der Waals surface area contributed by atoms with Gasteiger partial charge in [0.25, 0.3) is 0 Å². The van der Waals surface area contributed by atoms with E-state index in [0.29, 0.717) is 0 Å². The Morgan fingerprint density at radius 1 is 0.234 bits per heavy atom. The molecule has 2 aliphatic carbocycles. The van der Waals surface area contributed by atoms with E-state index in [2.05, 4.69) is 249 Å². The van der Waals surface area contributed by atoms with Crippen molar-refractivity contribution in [3.05, 3.63) is 231 Å². The fourth-order valence-electron chi connectivity index (χ4n) is 15.5. The predicted molar refractivity (Wildman–Crippen MR) is 329 cm³/mol. The third kappa shape index (κ3) is 6.75. The standard InChI is InChI=1S/C72H60N4Si/c1-3-19-53(20-4-1)77(54-21-5-2-6-22-54,55-41-35-49(36-42-55)73-69-33-17-11-27-61(69)63-47-51(39-45-71(63)73)75-65-29-13-7-23-57(65)58-24-8-14-30-66(58)75)56-43-37-50(38-44-56)74-70-34-18-12-28-62(70)64-48-52(40-46-72(64)74)76-67-31-15-9-25-59(67)60-26-10-16-32-68(60)76/h7-18,23-48,53-54H,1-6,19-22H2. The van der Waals surface area contributed by atoms with Crippen molar-refractivity contribution in [1.82, 2.24) is 18.3 Å². The molecule has 0 radical (unpaired) electrons. The molecular formula is C72H60N4Si. The molecule has 77 heavy (non-hydrogen) atoms. The minimum Gasteiger partial charge on any atom is -0.309 e. The molecule has 10 aromatic carbocycles. The van der Waals surface area contributed by atoms with Crippen molar-refractivity contribution in [2.24, 2.45) is 0 Å². The van der Waals surface area contributed by atoms with Crippen molar-refractivity contribution < 1.29 is 0 Å². The minimum absolute atomic E-state index is 0.719. The third-order valence-electron chi connectivity index (χ3n) is 18.7. The summed E-state index contributed by atoms with van der Waals surface area (Å²) >= 11 is 0. The largest absolute Gasteiger partial charge is 0.309 e. The highest BCUT2D eigenvalue weighted by atomic mass is 28.3. The van der Waals surface area contributed by atoms with E-state index in [1.807, 2.05) is 0 Å². The van der Waals surface area contributed by atoms with Crippen LogP contribution in [0.5, 0.6) is 0 Å². The Balaban J connectivity index is 0.825. The summed E-state index contributed by atoms with van der Waals surface area (Å²) in [4.78, 5) is 0. The Kier molecular flexibility index (Phi) is 10.4. The third-order valence-corrected chi connectivity index (χ3v) is 25.0. The quantitative estimate of drug-likeness (QED) is 0.135. The van der Waals surface area contributed by atoms with Crippen LogP contribution < -0.4 is 10.4 Å². The van der Waals surface area contributed by atoms with Gasteiger partial charge in [0.15, 0.2) is 0 Å². The molecule has 0 amide bonds. The average Bonchev–Trinajstić information content (AvgIpc) is 4.40. The Labute approximate surface area is 450 Å². The smallest absolute Gasteiger partial charge is 0.124 e. The maximum Gasteiger partial charge on any atom is 0.124 e. The second-order valence-electron chi connectivity index (χ2n) is 22.5. The fourth-order valence-corrected chi connectivity index (χ4v) is 22.4. The number of benzene rings is 10. The van der Waals surface area contributed by atoms with Crippen LogP contribution in [-0.4, -0.2) is 26.3 Å². The molecule has 5 heteroatoms. The molecule has 0 spiro atoms. The van der Waals surface area contributed by atoms with E-state index >= 15 is 0 Å². The van der Waals surface area contributed by atoms with E-state index in [1.54, 1.807) is 10.4 Å². The van der Waals surface area contributed by atoms with Crippen LogP contribution in [0.4, 0.5) is 0 Å². The van der Waals surface area contributed by atoms with Crippen molar-refractivity contribution >= 4 is 106 Å². The van der Waals surface area contributed by atoms with Crippen LogP contribution in [0.25, 0.3) is 110 Å². The summed E-state index contributed by atoms with van der Waals surface area (Å²) in [6, 6.07) is 88.2. The van der Waals surface area contributed by atoms with Crippen LogP contribution in [0, 0.1) is 0 Å². The van der Waals surface area contributed by atoms with Crippen LogP contribution >= 0.6 is 0 Å². The van der Waals surface area contributed by atoms with Crippen molar-refractivity contribution in [1.29, 1.82) is 0 Å². The van der Waals surface area contributed by atoms with Gasteiger partial charge in [-0.1, -0.05) is 208 Å². The van der Waals surface area contributed by atoms with E-state index in [4.69, 9.17) is 0 Å². The van der Waals surface area contributed by atoms with E-state index in [1.165, 1.54) is 174 Å². The maximum atomic E-state index is 2.62. The molecule has 4 nitrogen and oxygen atoms in total. The van der Waals surface area contributed by atoms with Gasteiger partial charge in [0.05, 0.1) is 44.1 Å². The highest BCUT2D eigenvalue weighted by molar-refractivity contribution is 7.04. The number of hydrogen-bond donors (Lipinski definition) is 0. The first-order chi connectivity index (χ1) is 38.2. The molecule has 4 heterocycles. The first kappa shape index (κ1) is 44.9. The lowest BCUT2D eigenvalue weighted by Gasteiger charge is -2.48. The fraction of sp³-hybridized carbons (Fsp3) is 0.167. The maximum absolute atomic E-state index is 2.62. The zero-order valence-corrected chi connectivity index (χ0v) is 44.5. The molecule has 0 bridgehead atoms. The first-order valence-electron chi connectivity index (χ1n) is 28.5. The van der Waals surface area contributed by atoms with Gasteiger partial charge in [0.2, 0.25) is 0 Å². The molecule has 0 aliphatic heterocycles. The van der Waals surface area contributed by atoms with Gasteiger partial charge in [-0.2, -0.15) is 0 Å². The summed E-state index contributed by atoms with van der Waals surface area (Å²) in [7, 11) is -2.37. The summed E-state index contributed by atoms with van der Waals surface area (Å²) in [5.41, 5.74) is 16.2. The SMILES string of the molecule is c1ccc2c(c1)c1ccccc1n2-c1ccc2c(c1)c1ccccc1n2-c1ccc([Si](c2ccc(-n3c4ccccc4c4cc(-n5c6ccccc6c6ccccc65)ccc43)cc2)(C2CCCCC2)C2CCCCC2)cc1.